The van der Waals surface area contributed by atoms with E-state index in [9.17, 15) is 13.6 Å². The van der Waals surface area contributed by atoms with Crippen LogP contribution in [0.15, 0.2) is 18.5 Å². The summed E-state index contributed by atoms with van der Waals surface area (Å²) in [5.41, 5.74) is 2.72. The number of nitrogens with one attached hydrogen (secondary N) is 2. The summed E-state index contributed by atoms with van der Waals surface area (Å²) in [6.07, 6.45) is 7.80. The zero-order valence-corrected chi connectivity index (χ0v) is 16.5. The molecule has 2 N–H and O–H groups in total. The van der Waals surface area contributed by atoms with Crippen LogP contribution in [0.3, 0.4) is 0 Å². The highest BCUT2D eigenvalue weighted by atomic mass is 19.3. The fourth-order valence-electron chi connectivity index (χ4n) is 4.04. The number of H-pyrrole nitrogens is 1. The average Bonchev–Trinajstić information content (AvgIpc) is 3.18. The maximum absolute atomic E-state index is 12.7. The Hall–Kier alpha value is -2.22. The van der Waals surface area contributed by atoms with E-state index >= 15 is 0 Å². The van der Waals surface area contributed by atoms with E-state index in [0.717, 1.165) is 28.8 Å². The topological polar surface area (TPSA) is 64.3 Å². The maximum atomic E-state index is 12.7. The molecular weight excluding hydrogens is 364 g/mol. The average molecular weight is 393 g/mol. The molecule has 154 valence electrons. The summed E-state index contributed by atoms with van der Waals surface area (Å²) in [4.78, 5) is 24.7. The highest BCUT2D eigenvalue weighted by Crippen LogP contribution is 2.37. The maximum Gasteiger partial charge on any atom is 0.258 e. The number of rotatable bonds is 4. The van der Waals surface area contributed by atoms with E-state index < -0.39 is 6.43 Å². The molecule has 1 aliphatic heterocycles. The van der Waals surface area contributed by atoms with Gasteiger partial charge in [0.1, 0.15) is 5.65 Å². The minimum Gasteiger partial charge on any atom is -0.349 e. The Morgan fingerprint density at radius 1 is 1.32 bits per heavy atom. The van der Waals surface area contributed by atoms with Crippen LogP contribution in [0.25, 0.3) is 11.0 Å². The van der Waals surface area contributed by atoms with E-state index in [1.807, 2.05) is 24.1 Å². The zero-order valence-electron chi connectivity index (χ0n) is 16.5. The third-order valence-corrected chi connectivity index (χ3v) is 5.44. The Bertz CT molecular complexity index is 788. The second-order valence-electron chi connectivity index (χ2n) is 7.27. The fraction of sp³-hybridized carbons (Fsp3) is 0.600. The molecule has 28 heavy (non-hydrogen) atoms. The zero-order chi connectivity index (χ0) is 20.1. The van der Waals surface area contributed by atoms with Gasteiger partial charge in [-0.05, 0) is 32.9 Å². The number of fused-ring (bicyclic) bond motifs is 3. The summed E-state index contributed by atoms with van der Waals surface area (Å²) in [5.74, 6) is 0.111. The molecule has 4 rings (SSSR count). The lowest BCUT2D eigenvalue weighted by Crippen LogP contribution is -2.51. The first-order valence-electron chi connectivity index (χ1n) is 10.0. The van der Waals surface area contributed by atoms with Crippen molar-refractivity contribution in [2.45, 2.75) is 51.5 Å². The quantitative estimate of drug-likeness (QED) is 0.833. The summed E-state index contributed by atoms with van der Waals surface area (Å²) < 4.78 is 21.9. The van der Waals surface area contributed by atoms with Gasteiger partial charge in [0.2, 0.25) is 0 Å². The SMILES string of the molecule is CCN1CN(C2CCCCC2)c2c(cnc3[nH]ccc23)C1=O.CNCC(F)F. The molecule has 1 fully saturated rings. The lowest BCUT2D eigenvalue weighted by Gasteiger charge is -2.43. The van der Waals surface area contributed by atoms with Crippen molar-refractivity contribution in [2.75, 3.05) is 31.7 Å². The molecule has 1 aliphatic carbocycles. The number of halogens is 2. The summed E-state index contributed by atoms with van der Waals surface area (Å²) >= 11 is 0. The monoisotopic (exact) mass is 393 g/mol. The van der Waals surface area contributed by atoms with Gasteiger partial charge in [-0.25, -0.2) is 13.8 Å². The highest BCUT2D eigenvalue weighted by molar-refractivity contribution is 6.08. The van der Waals surface area contributed by atoms with Crippen LogP contribution >= 0.6 is 0 Å². The van der Waals surface area contributed by atoms with Gasteiger partial charge in [0, 0.05) is 30.4 Å². The number of nitrogens with zero attached hydrogens (tertiary/aromatic N) is 3. The van der Waals surface area contributed by atoms with Crippen molar-refractivity contribution >= 4 is 22.6 Å². The molecule has 2 aromatic heterocycles. The van der Waals surface area contributed by atoms with E-state index in [0.29, 0.717) is 12.7 Å². The minimum atomic E-state index is -2.21. The largest absolute Gasteiger partial charge is 0.349 e. The lowest BCUT2D eigenvalue weighted by molar-refractivity contribution is 0.0743. The molecule has 0 bridgehead atoms. The van der Waals surface area contributed by atoms with E-state index in [2.05, 4.69) is 20.2 Å². The van der Waals surface area contributed by atoms with Crippen LogP contribution in [0.5, 0.6) is 0 Å². The van der Waals surface area contributed by atoms with Crippen molar-refractivity contribution in [3.63, 3.8) is 0 Å². The molecule has 1 amide bonds. The van der Waals surface area contributed by atoms with Crippen LogP contribution < -0.4 is 10.2 Å². The van der Waals surface area contributed by atoms with Crippen molar-refractivity contribution < 1.29 is 13.6 Å². The lowest BCUT2D eigenvalue weighted by atomic mass is 9.92. The normalized spacial score (nSPS) is 17.7. The van der Waals surface area contributed by atoms with Gasteiger partial charge in [-0.3, -0.25) is 4.79 Å². The molecule has 0 saturated heterocycles. The summed E-state index contributed by atoms with van der Waals surface area (Å²) in [7, 11) is 1.49. The Morgan fingerprint density at radius 2 is 2.07 bits per heavy atom. The van der Waals surface area contributed by atoms with E-state index in [-0.39, 0.29) is 12.5 Å². The molecule has 0 unspecified atom stereocenters. The third kappa shape index (κ3) is 4.27. The van der Waals surface area contributed by atoms with Gasteiger partial charge in [0.15, 0.2) is 0 Å². The first kappa shape index (κ1) is 20.5. The van der Waals surface area contributed by atoms with Gasteiger partial charge in [0.25, 0.3) is 12.3 Å². The van der Waals surface area contributed by atoms with Gasteiger partial charge in [-0.15, -0.1) is 0 Å². The van der Waals surface area contributed by atoms with Gasteiger partial charge in [0.05, 0.1) is 24.5 Å². The standard InChI is InChI=1S/C17H22N4O.C3H7F2N/c1-2-20-11-21(12-6-4-3-5-7-12)15-13-8-9-18-16(13)19-10-14(15)17(20)22;1-6-2-3(4)5/h8-10,12H,2-7,11H2,1H3,(H,18,19);3,6H,2H2,1H3. The van der Waals surface area contributed by atoms with Crippen LogP contribution in [0.1, 0.15) is 49.4 Å². The predicted octanol–water partition coefficient (Wildman–Crippen LogP) is 3.61. The van der Waals surface area contributed by atoms with Crippen molar-refractivity contribution in [1.82, 2.24) is 20.2 Å². The molecule has 8 heteroatoms. The highest BCUT2D eigenvalue weighted by Gasteiger charge is 2.34. The number of carbonyl (C=O) groups excluding carboxylic acids is 1. The van der Waals surface area contributed by atoms with Gasteiger partial charge >= 0.3 is 0 Å². The first-order valence-corrected chi connectivity index (χ1v) is 10.0. The van der Waals surface area contributed by atoms with Crippen LogP contribution in [0.2, 0.25) is 0 Å². The molecule has 0 atom stereocenters. The summed E-state index contributed by atoms with van der Waals surface area (Å²) in [5, 5.41) is 3.39. The van der Waals surface area contributed by atoms with Gasteiger partial charge in [-0.1, -0.05) is 19.3 Å². The van der Waals surface area contributed by atoms with Crippen LogP contribution in [-0.4, -0.2) is 60.0 Å². The predicted molar refractivity (Wildman–Crippen MR) is 107 cm³/mol. The number of aromatic amines is 1. The van der Waals surface area contributed by atoms with Crippen molar-refractivity contribution in [3.05, 3.63) is 24.0 Å². The third-order valence-electron chi connectivity index (χ3n) is 5.44. The van der Waals surface area contributed by atoms with Gasteiger partial charge < -0.3 is 20.1 Å². The van der Waals surface area contributed by atoms with Crippen molar-refractivity contribution in [1.29, 1.82) is 0 Å². The second kappa shape index (κ2) is 9.32. The minimum absolute atomic E-state index is 0.111. The number of hydrogen-bond acceptors (Lipinski definition) is 4. The molecule has 0 radical (unpaired) electrons. The van der Waals surface area contributed by atoms with Gasteiger partial charge in [-0.2, -0.15) is 0 Å². The van der Waals surface area contributed by atoms with Crippen LogP contribution in [0, 0.1) is 0 Å². The Morgan fingerprint density at radius 3 is 2.68 bits per heavy atom. The Labute approximate surface area is 164 Å². The summed E-state index contributed by atoms with van der Waals surface area (Å²) in [6.45, 7) is 3.29. The van der Waals surface area contributed by atoms with Crippen molar-refractivity contribution in [3.8, 4) is 0 Å². The number of hydrogen-bond donors (Lipinski definition) is 2. The number of carbonyl (C=O) groups is 1. The second-order valence-corrected chi connectivity index (χ2v) is 7.27. The fourth-order valence-corrected chi connectivity index (χ4v) is 4.04. The van der Waals surface area contributed by atoms with Crippen LogP contribution in [-0.2, 0) is 0 Å². The number of anilines is 1. The number of pyridine rings is 1. The molecule has 3 heterocycles. The van der Waals surface area contributed by atoms with E-state index in [4.69, 9.17) is 0 Å². The smallest absolute Gasteiger partial charge is 0.258 e. The number of alkyl halides is 2. The molecule has 2 aromatic rings. The molecular formula is C20H29F2N5O. The molecule has 2 aliphatic rings. The molecule has 6 nitrogen and oxygen atoms in total. The Balaban J connectivity index is 0.000000330. The molecule has 0 aromatic carbocycles. The number of aromatic nitrogens is 2. The Kier molecular flexibility index (Phi) is 6.83. The van der Waals surface area contributed by atoms with E-state index in [1.165, 1.54) is 39.2 Å². The van der Waals surface area contributed by atoms with Crippen molar-refractivity contribution in [2.24, 2.45) is 0 Å². The summed E-state index contributed by atoms with van der Waals surface area (Å²) in [6, 6.07) is 2.58. The van der Waals surface area contributed by atoms with Crippen LogP contribution in [0.4, 0.5) is 14.5 Å². The first-order chi connectivity index (χ1) is 13.6. The van der Waals surface area contributed by atoms with E-state index in [1.54, 1.807) is 6.20 Å². The number of amides is 1. The molecule has 1 saturated carbocycles. The molecule has 0 spiro atoms.